The van der Waals surface area contributed by atoms with Gasteiger partial charge in [-0.3, -0.25) is 9.69 Å². The summed E-state index contributed by atoms with van der Waals surface area (Å²) in [5.41, 5.74) is 0. The first kappa shape index (κ1) is 12.8. The molecule has 2 saturated heterocycles. The van der Waals surface area contributed by atoms with Gasteiger partial charge < -0.3 is 10.6 Å². The lowest BCUT2D eigenvalue weighted by Crippen LogP contribution is -2.41. The van der Waals surface area contributed by atoms with Gasteiger partial charge in [0, 0.05) is 25.7 Å². The van der Waals surface area contributed by atoms with Gasteiger partial charge >= 0.3 is 0 Å². The van der Waals surface area contributed by atoms with E-state index < -0.39 is 0 Å². The monoisotopic (exact) mass is 239 g/mol. The lowest BCUT2D eigenvalue weighted by atomic mass is 9.94. The van der Waals surface area contributed by atoms with Gasteiger partial charge in [-0.15, -0.1) is 0 Å². The first-order valence-electron chi connectivity index (χ1n) is 6.87. The maximum atomic E-state index is 11.7. The zero-order valence-electron chi connectivity index (χ0n) is 11.0. The molecule has 1 amide bonds. The Bertz CT molecular complexity index is 253. The Kier molecular flexibility index (Phi) is 4.40. The van der Waals surface area contributed by atoms with Crippen LogP contribution in [0.4, 0.5) is 0 Å². The molecule has 2 atom stereocenters. The molecular weight excluding hydrogens is 214 g/mol. The number of amides is 1. The Labute approximate surface area is 104 Å². The predicted octanol–water partition coefficient (Wildman–Crippen LogP) is 0.442. The zero-order valence-corrected chi connectivity index (χ0v) is 11.0. The van der Waals surface area contributed by atoms with Crippen molar-refractivity contribution in [1.82, 2.24) is 15.5 Å². The normalized spacial score (nSPS) is 29.4. The van der Waals surface area contributed by atoms with Crippen LogP contribution >= 0.6 is 0 Å². The van der Waals surface area contributed by atoms with Crippen molar-refractivity contribution in [3.8, 4) is 0 Å². The highest BCUT2D eigenvalue weighted by Gasteiger charge is 2.34. The van der Waals surface area contributed by atoms with Crippen LogP contribution < -0.4 is 10.6 Å². The first-order chi connectivity index (χ1) is 8.15. The third kappa shape index (κ3) is 3.68. The standard InChI is InChI=1S/C13H25N3O/c1-10(2)6-15-13(17)9-16-7-11-4-3-5-14-12(11)8-16/h10-12,14H,3-9H2,1-2H3,(H,15,17)/t11-,12+/m0/s1. The molecule has 2 fully saturated rings. The molecule has 4 heteroatoms. The van der Waals surface area contributed by atoms with Crippen molar-refractivity contribution >= 4 is 5.91 Å². The molecule has 0 unspecified atom stereocenters. The maximum absolute atomic E-state index is 11.7. The predicted molar refractivity (Wildman–Crippen MR) is 68.8 cm³/mol. The minimum atomic E-state index is 0.178. The molecule has 0 spiro atoms. The Morgan fingerprint density at radius 2 is 2.29 bits per heavy atom. The number of carbonyl (C=O) groups excluding carboxylic acids is 1. The molecule has 2 N–H and O–H groups in total. The smallest absolute Gasteiger partial charge is 0.234 e. The molecule has 0 aliphatic carbocycles. The SMILES string of the molecule is CC(C)CNC(=O)CN1C[C@@H]2CCCN[C@@H]2C1. The van der Waals surface area contributed by atoms with Crippen molar-refractivity contribution in [2.24, 2.45) is 11.8 Å². The van der Waals surface area contributed by atoms with Gasteiger partial charge in [0.25, 0.3) is 0 Å². The molecule has 0 saturated carbocycles. The zero-order chi connectivity index (χ0) is 12.3. The molecule has 0 aromatic carbocycles. The van der Waals surface area contributed by atoms with E-state index in [1.54, 1.807) is 0 Å². The quantitative estimate of drug-likeness (QED) is 0.748. The number of likely N-dealkylation sites (tertiary alicyclic amines) is 1. The van der Waals surface area contributed by atoms with E-state index in [1.807, 2.05) is 0 Å². The van der Waals surface area contributed by atoms with E-state index in [9.17, 15) is 4.79 Å². The van der Waals surface area contributed by atoms with Gasteiger partial charge in [-0.05, 0) is 31.2 Å². The van der Waals surface area contributed by atoms with Crippen LogP contribution in [-0.4, -0.2) is 49.6 Å². The number of nitrogens with one attached hydrogen (secondary N) is 2. The summed E-state index contributed by atoms with van der Waals surface area (Å²) in [5, 5.41) is 6.55. The Hall–Kier alpha value is -0.610. The maximum Gasteiger partial charge on any atom is 0.234 e. The van der Waals surface area contributed by atoms with Gasteiger partial charge in [0.15, 0.2) is 0 Å². The lowest BCUT2D eigenvalue weighted by Gasteiger charge is -2.24. The van der Waals surface area contributed by atoms with Crippen molar-refractivity contribution in [3.63, 3.8) is 0 Å². The van der Waals surface area contributed by atoms with E-state index >= 15 is 0 Å². The van der Waals surface area contributed by atoms with E-state index in [0.29, 0.717) is 18.5 Å². The fourth-order valence-corrected chi connectivity index (χ4v) is 2.84. The summed E-state index contributed by atoms with van der Waals surface area (Å²) in [5.74, 6) is 1.47. The molecule has 4 nitrogen and oxygen atoms in total. The van der Waals surface area contributed by atoms with Crippen LogP contribution in [0.3, 0.4) is 0 Å². The highest BCUT2D eigenvalue weighted by Crippen LogP contribution is 2.24. The largest absolute Gasteiger partial charge is 0.355 e. The van der Waals surface area contributed by atoms with E-state index in [2.05, 4.69) is 29.4 Å². The van der Waals surface area contributed by atoms with Crippen molar-refractivity contribution in [2.45, 2.75) is 32.7 Å². The van der Waals surface area contributed by atoms with Crippen LogP contribution in [0.5, 0.6) is 0 Å². The topological polar surface area (TPSA) is 44.4 Å². The van der Waals surface area contributed by atoms with Crippen LogP contribution in [0.25, 0.3) is 0 Å². The molecular formula is C13H25N3O. The van der Waals surface area contributed by atoms with E-state index in [-0.39, 0.29) is 5.91 Å². The van der Waals surface area contributed by atoms with Crippen molar-refractivity contribution in [2.75, 3.05) is 32.7 Å². The fourth-order valence-electron chi connectivity index (χ4n) is 2.84. The Morgan fingerprint density at radius 1 is 1.47 bits per heavy atom. The van der Waals surface area contributed by atoms with Crippen molar-refractivity contribution in [3.05, 3.63) is 0 Å². The Balaban J connectivity index is 1.71. The van der Waals surface area contributed by atoms with Crippen LogP contribution in [0.15, 0.2) is 0 Å². The summed E-state index contributed by atoms with van der Waals surface area (Å²) in [4.78, 5) is 14.0. The van der Waals surface area contributed by atoms with Crippen molar-refractivity contribution < 1.29 is 4.79 Å². The third-order valence-electron chi connectivity index (χ3n) is 3.75. The Morgan fingerprint density at radius 3 is 3.00 bits per heavy atom. The van der Waals surface area contributed by atoms with Gasteiger partial charge in [0.2, 0.25) is 5.91 Å². The minimum absolute atomic E-state index is 0.178. The minimum Gasteiger partial charge on any atom is -0.355 e. The average molecular weight is 239 g/mol. The number of fused-ring (bicyclic) bond motifs is 1. The summed E-state index contributed by atoms with van der Waals surface area (Å²) in [6, 6.07) is 0.627. The van der Waals surface area contributed by atoms with Crippen LogP contribution in [0, 0.1) is 11.8 Å². The summed E-state index contributed by atoms with van der Waals surface area (Å²) < 4.78 is 0. The summed E-state index contributed by atoms with van der Waals surface area (Å²) >= 11 is 0. The van der Waals surface area contributed by atoms with E-state index in [4.69, 9.17) is 0 Å². The highest BCUT2D eigenvalue weighted by atomic mass is 16.2. The highest BCUT2D eigenvalue weighted by molar-refractivity contribution is 5.78. The number of nitrogens with zero attached hydrogens (tertiary/aromatic N) is 1. The first-order valence-corrected chi connectivity index (χ1v) is 6.87. The number of piperidine rings is 1. The molecule has 0 bridgehead atoms. The molecule has 2 aliphatic rings. The molecule has 98 valence electrons. The summed E-state index contributed by atoms with van der Waals surface area (Å²) in [6.07, 6.45) is 2.61. The second-order valence-corrected chi connectivity index (χ2v) is 5.85. The van der Waals surface area contributed by atoms with Gasteiger partial charge in [0.05, 0.1) is 6.54 Å². The number of carbonyl (C=O) groups is 1. The fraction of sp³-hybridized carbons (Fsp3) is 0.923. The molecule has 0 radical (unpaired) electrons. The molecule has 2 aliphatic heterocycles. The molecule has 0 aromatic heterocycles. The van der Waals surface area contributed by atoms with Crippen LogP contribution in [-0.2, 0) is 4.79 Å². The lowest BCUT2D eigenvalue weighted by molar-refractivity contribution is -0.122. The van der Waals surface area contributed by atoms with Gasteiger partial charge in [0.1, 0.15) is 0 Å². The molecule has 0 aromatic rings. The van der Waals surface area contributed by atoms with Gasteiger partial charge in [-0.2, -0.15) is 0 Å². The molecule has 2 heterocycles. The molecule has 2 rings (SSSR count). The third-order valence-corrected chi connectivity index (χ3v) is 3.75. The van der Waals surface area contributed by atoms with Crippen LogP contribution in [0.2, 0.25) is 0 Å². The number of hydrogen-bond donors (Lipinski definition) is 2. The second-order valence-electron chi connectivity index (χ2n) is 5.85. The van der Waals surface area contributed by atoms with Crippen molar-refractivity contribution in [1.29, 1.82) is 0 Å². The van der Waals surface area contributed by atoms with Gasteiger partial charge in [-0.25, -0.2) is 0 Å². The molecule has 17 heavy (non-hydrogen) atoms. The number of rotatable bonds is 4. The summed E-state index contributed by atoms with van der Waals surface area (Å²) in [6.45, 7) is 8.88. The van der Waals surface area contributed by atoms with Crippen LogP contribution in [0.1, 0.15) is 26.7 Å². The van der Waals surface area contributed by atoms with E-state index in [1.165, 1.54) is 12.8 Å². The second kappa shape index (κ2) is 5.83. The summed E-state index contributed by atoms with van der Waals surface area (Å²) in [7, 11) is 0. The van der Waals surface area contributed by atoms with Gasteiger partial charge in [-0.1, -0.05) is 13.8 Å². The van der Waals surface area contributed by atoms with E-state index in [0.717, 1.165) is 32.1 Å². The number of hydrogen-bond acceptors (Lipinski definition) is 3. The average Bonchev–Trinajstić information content (AvgIpc) is 2.68.